The molecular weight excluding hydrogens is 450 g/mol. The molecule has 6 nitrogen and oxygen atoms in total. The van der Waals surface area contributed by atoms with Gasteiger partial charge in [-0.15, -0.1) is 0 Å². The highest BCUT2D eigenvalue weighted by atomic mass is 19.1. The number of hydrogen-bond acceptors (Lipinski definition) is 3. The van der Waals surface area contributed by atoms with E-state index < -0.39 is 11.6 Å². The van der Waals surface area contributed by atoms with Crippen LogP contribution in [-0.2, 0) is 11.2 Å². The van der Waals surface area contributed by atoms with Gasteiger partial charge in [0.1, 0.15) is 11.6 Å². The number of nitrogens with one attached hydrogen (secondary N) is 1. The number of aromatic amines is 1. The molecule has 184 valence electrons. The van der Waals surface area contributed by atoms with Gasteiger partial charge in [0, 0.05) is 43.7 Å². The summed E-state index contributed by atoms with van der Waals surface area (Å²) in [5.74, 6) is -1.20. The number of benzene rings is 2. The van der Waals surface area contributed by atoms with E-state index in [0.717, 1.165) is 18.5 Å². The topological polar surface area (TPSA) is 61.5 Å². The fraction of sp³-hybridized carbons (Fsp3) is 0.407. The Kier molecular flexibility index (Phi) is 6.81. The Morgan fingerprint density at radius 1 is 1.03 bits per heavy atom. The van der Waals surface area contributed by atoms with E-state index in [9.17, 15) is 13.6 Å². The summed E-state index contributed by atoms with van der Waals surface area (Å²) >= 11 is 0. The fourth-order valence-corrected chi connectivity index (χ4v) is 5.12. The van der Waals surface area contributed by atoms with E-state index in [1.54, 1.807) is 6.07 Å². The van der Waals surface area contributed by atoms with Crippen LogP contribution in [0.2, 0.25) is 0 Å². The van der Waals surface area contributed by atoms with Crippen molar-refractivity contribution in [2.75, 3.05) is 39.4 Å². The summed E-state index contributed by atoms with van der Waals surface area (Å²) in [4.78, 5) is 17.1. The monoisotopic (exact) mass is 480 g/mol. The minimum Gasteiger partial charge on any atom is -0.378 e. The number of morpholine rings is 1. The van der Waals surface area contributed by atoms with Gasteiger partial charge in [0.15, 0.2) is 0 Å². The molecule has 0 spiro atoms. The van der Waals surface area contributed by atoms with E-state index in [1.165, 1.54) is 29.3 Å². The highest BCUT2D eigenvalue weighted by molar-refractivity contribution is 5.75. The molecule has 3 heterocycles. The maximum absolute atomic E-state index is 14.3. The molecule has 2 aliphatic heterocycles. The van der Waals surface area contributed by atoms with Crippen molar-refractivity contribution >= 4 is 6.03 Å². The van der Waals surface area contributed by atoms with E-state index in [1.807, 2.05) is 9.80 Å². The third kappa shape index (κ3) is 4.93. The molecule has 5 rings (SSSR count). The summed E-state index contributed by atoms with van der Waals surface area (Å²) in [7, 11) is 0. The first-order valence-corrected chi connectivity index (χ1v) is 12.2. The van der Waals surface area contributed by atoms with Gasteiger partial charge in [-0.1, -0.05) is 37.3 Å². The molecular formula is C27H30F2N4O2. The first-order chi connectivity index (χ1) is 17.0. The van der Waals surface area contributed by atoms with Crippen LogP contribution >= 0.6 is 0 Å². The van der Waals surface area contributed by atoms with Gasteiger partial charge < -0.3 is 14.5 Å². The molecule has 0 saturated carbocycles. The number of carbonyl (C=O) groups is 1. The lowest BCUT2D eigenvalue weighted by Gasteiger charge is -2.41. The second-order valence-electron chi connectivity index (χ2n) is 9.32. The third-order valence-electron chi connectivity index (χ3n) is 7.12. The van der Waals surface area contributed by atoms with Crippen molar-refractivity contribution in [2.45, 2.75) is 31.6 Å². The van der Waals surface area contributed by atoms with Crippen molar-refractivity contribution < 1.29 is 18.3 Å². The number of aromatic nitrogens is 2. The normalized spacial score (nSPS) is 20.8. The standard InChI is InChI=1S/C27H30F2N4O2/c1-2-18-6-8-19(9-7-18)20-14-21(17-33(16-20)27(34)32-10-12-35-13-11-32)24-15-25(31-30-24)26-22(28)4-3-5-23(26)29/h3-9,15,20-21H,2,10-14,16-17H2,1H3,(H,30,31). The molecule has 2 unspecified atom stereocenters. The van der Waals surface area contributed by atoms with Gasteiger partial charge in [-0.3, -0.25) is 5.10 Å². The SMILES string of the molecule is CCc1ccc(C2CC(c3cc(-c4c(F)cccc4F)n[nH]3)CN(C(=O)N3CCOCC3)C2)cc1. The average molecular weight is 481 g/mol. The Balaban J connectivity index is 1.43. The Hall–Kier alpha value is -3.26. The van der Waals surface area contributed by atoms with Gasteiger partial charge >= 0.3 is 6.03 Å². The van der Waals surface area contributed by atoms with Crippen LogP contribution in [0.15, 0.2) is 48.5 Å². The fourth-order valence-electron chi connectivity index (χ4n) is 5.12. The van der Waals surface area contributed by atoms with Gasteiger partial charge in [-0.05, 0) is 42.2 Å². The zero-order valence-corrected chi connectivity index (χ0v) is 19.8. The van der Waals surface area contributed by atoms with Crippen molar-refractivity contribution in [3.63, 3.8) is 0 Å². The maximum atomic E-state index is 14.3. The molecule has 0 aliphatic carbocycles. The van der Waals surface area contributed by atoms with Gasteiger partial charge in [-0.25, -0.2) is 13.6 Å². The number of carbonyl (C=O) groups excluding carboxylic acids is 1. The summed E-state index contributed by atoms with van der Waals surface area (Å²) in [6.07, 6.45) is 1.78. The first kappa shape index (κ1) is 23.5. The molecule has 2 atom stereocenters. The number of rotatable bonds is 4. The molecule has 2 fully saturated rings. The number of ether oxygens (including phenoxy) is 1. The minimum atomic E-state index is -0.648. The third-order valence-corrected chi connectivity index (χ3v) is 7.12. The predicted octanol–water partition coefficient (Wildman–Crippen LogP) is 4.94. The second kappa shape index (κ2) is 10.2. The maximum Gasteiger partial charge on any atom is 0.320 e. The van der Waals surface area contributed by atoms with Crippen LogP contribution in [0.1, 0.15) is 42.0 Å². The van der Waals surface area contributed by atoms with Crippen LogP contribution in [0.3, 0.4) is 0 Å². The molecule has 2 aliphatic rings. The van der Waals surface area contributed by atoms with E-state index in [4.69, 9.17) is 4.74 Å². The lowest BCUT2D eigenvalue weighted by atomic mass is 9.82. The number of aryl methyl sites for hydroxylation is 1. The first-order valence-electron chi connectivity index (χ1n) is 12.2. The van der Waals surface area contributed by atoms with Crippen molar-refractivity contribution in [1.82, 2.24) is 20.0 Å². The quantitative estimate of drug-likeness (QED) is 0.575. The van der Waals surface area contributed by atoms with Crippen LogP contribution in [0, 0.1) is 11.6 Å². The lowest BCUT2D eigenvalue weighted by molar-refractivity contribution is 0.0398. The molecule has 8 heteroatoms. The predicted molar refractivity (Wildman–Crippen MR) is 129 cm³/mol. The summed E-state index contributed by atoms with van der Waals surface area (Å²) in [5, 5.41) is 7.23. The number of halogens is 2. The van der Waals surface area contributed by atoms with Crippen LogP contribution in [0.25, 0.3) is 11.3 Å². The van der Waals surface area contributed by atoms with Crippen molar-refractivity contribution in [1.29, 1.82) is 0 Å². The molecule has 2 aromatic carbocycles. The average Bonchev–Trinajstić information content (AvgIpc) is 3.38. The van der Waals surface area contributed by atoms with Gasteiger partial charge in [0.2, 0.25) is 0 Å². The largest absolute Gasteiger partial charge is 0.378 e. The Labute approximate surface area is 203 Å². The highest BCUT2D eigenvalue weighted by Crippen LogP contribution is 2.37. The lowest BCUT2D eigenvalue weighted by Crippen LogP contribution is -2.52. The summed E-state index contributed by atoms with van der Waals surface area (Å²) < 4.78 is 34.1. The zero-order chi connectivity index (χ0) is 24.4. The Morgan fingerprint density at radius 2 is 1.71 bits per heavy atom. The number of amides is 2. The molecule has 0 radical (unpaired) electrons. The van der Waals surface area contributed by atoms with E-state index >= 15 is 0 Å². The molecule has 1 N–H and O–H groups in total. The van der Waals surface area contributed by atoms with Crippen molar-refractivity contribution in [3.05, 3.63) is 77.0 Å². The second-order valence-corrected chi connectivity index (χ2v) is 9.32. The molecule has 3 aromatic rings. The van der Waals surface area contributed by atoms with Crippen molar-refractivity contribution in [3.8, 4) is 11.3 Å². The Bertz CT molecular complexity index is 1150. The smallest absolute Gasteiger partial charge is 0.320 e. The number of hydrogen-bond donors (Lipinski definition) is 1. The summed E-state index contributed by atoms with van der Waals surface area (Å²) in [6.45, 7) is 5.52. The molecule has 35 heavy (non-hydrogen) atoms. The van der Waals surface area contributed by atoms with E-state index in [0.29, 0.717) is 39.4 Å². The Morgan fingerprint density at radius 3 is 2.40 bits per heavy atom. The molecule has 2 saturated heterocycles. The summed E-state index contributed by atoms with van der Waals surface area (Å²) in [5.41, 5.74) is 3.33. The van der Waals surface area contributed by atoms with E-state index in [2.05, 4.69) is 41.4 Å². The number of H-pyrrole nitrogens is 1. The van der Waals surface area contributed by atoms with Crippen LogP contribution in [0.5, 0.6) is 0 Å². The van der Waals surface area contributed by atoms with Gasteiger partial charge in [0.25, 0.3) is 0 Å². The van der Waals surface area contributed by atoms with E-state index in [-0.39, 0.29) is 29.1 Å². The molecule has 1 aromatic heterocycles. The van der Waals surface area contributed by atoms with Crippen LogP contribution < -0.4 is 0 Å². The van der Waals surface area contributed by atoms with Gasteiger partial charge in [0.05, 0.1) is 24.5 Å². The molecule has 0 bridgehead atoms. The number of nitrogens with zero attached hydrogens (tertiary/aromatic N) is 3. The summed E-state index contributed by atoms with van der Waals surface area (Å²) in [6, 6.07) is 14.1. The van der Waals surface area contributed by atoms with Crippen LogP contribution in [0.4, 0.5) is 13.6 Å². The van der Waals surface area contributed by atoms with Crippen molar-refractivity contribution in [2.24, 2.45) is 0 Å². The highest BCUT2D eigenvalue weighted by Gasteiger charge is 2.35. The number of piperidine rings is 1. The van der Waals surface area contributed by atoms with Gasteiger partial charge in [-0.2, -0.15) is 5.10 Å². The minimum absolute atomic E-state index is 0.00747. The molecule has 2 amide bonds. The number of likely N-dealkylation sites (tertiary alicyclic amines) is 1. The number of urea groups is 1. The zero-order valence-electron chi connectivity index (χ0n) is 19.8. The van der Waals surface area contributed by atoms with Crippen LogP contribution in [-0.4, -0.2) is 65.4 Å².